The predicted molar refractivity (Wildman–Crippen MR) is 110 cm³/mol. The van der Waals surface area contributed by atoms with E-state index in [2.05, 4.69) is 12.2 Å². The summed E-state index contributed by atoms with van der Waals surface area (Å²) in [4.78, 5) is 12.4. The highest BCUT2D eigenvalue weighted by Crippen LogP contribution is 2.44. The number of benzene rings is 2. The second kappa shape index (κ2) is 8.22. The monoisotopic (exact) mass is 405 g/mol. The van der Waals surface area contributed by atoms with Crippen LogP contribution < -0.4 is 5.32 Å². The molecule has 0 aliphatic carbocycles. The van der Waals surface area contributed by atoms with Crippen LogP contribution in [-0.4, -0.2) is 11.4 Å². The maximum Gasteiger partial charge on any atom is 0.222 e. The van der Waals surface area contributed by atoms with Crippen molar-refractivity contribution in [3.63, 3.8) is 0 Å². The highest BCUT2D eigenvalue weighted by atomic mass is 35.5. The summed E-state index contributed by atoms with van der Waals surface area (Å²) < 4.78 is 6.44. The Bertz CT molecular complexity index is 806. The van der Waals surface area contributed by atoms with E-state index in [0.717, 1.165) is 11.1 Å². The topological polar surface area (TPSA) is 38.3 Å². The van der Waals surface area contributed by atoms with Gasteiger partial charge in [0.15, 0.2) is 0 Å². The molecule has 1 heterocycles. The third-order valence-corrected chi connectivity index (χ3v) is 5.50. The molecule has 0 bridgehead atoms. The molecule has 3 rings (SSSR count). The molecule has 0 aromatic heterocycles. The average molecular weight is 406 g/mol. The Morgan fingerprint density at radius 3 is 2.26 bits per heavy atom. The molecule has 0 saturated carbocycles. The molecule has 27 heavy (non-hydrogen) atoms. The Labute approximate surface area is 171 Å². The highest BCUT2D eigenvalue weighted by Gasteiger charge is 2.40. The normalized spacial score (nSPS) is 25.4. The molecule has 1 aliphatic rings. The molecule has 3 atom stereocenters. The van der Waals surface area contributed by atoms with Gasteiger partial charge in [-0.05, 0) is 42.3 Å². The van der Waals surface area contributed by atoms with Gasteiger partial charge in [-0.3, -0.25) is 4.79 Å². The molecule has 0 radical (unpaired) electrons. The standard InChI is InChI=1S/C22H25Cl2NO2/c1-14(2)21(26)25-22(3)12-19(15-7-9-17(23)10-8-15)27-20(13-22)16-5-4-6-18(24)11-16/h4-11,14,19-20H,12-13H2,1-3H3,(H,25,26)/t19-,20+,22-/m0/s1. The third kappa shape index (κ3) is 5.04. The van der Waals surface area contributed by atoms with Gasteiger partial charge in [-0.1, -0.05) is 61.3 Å². The van der Waals surface area contributed by atoms with Gasteiger partial charge < -0.3 is 10.1 Å². The van der Waals surface area contributed by atoms with E-state index >= 15 is 0 Å². The summed E-state index contributed by atoms with van der Waals surface area (Å²) in [6.07, 6.45) is 1.09. The number of nitrogens with one attached hydrogen (secondary N) is 1. The van der Waals surface area contributed by atoms with Crippen molar-refractivity contribution in [1.29, 1.82) is 0 Å². The van der Waals surface area contributed by atoms with Crippen molar-refractivity contribution in [2.75, 3.05) is 0 Å². The lowest BCUT2D eigenvalue weighted by Gasteiger charge is -2.43. The summed E-state index contributed by atoms with van der Waals surface area (Å²) in [7, 11) is 0. The van der Waals surface area contributed by atoms with Crippen molar-refractivity contribution in [2.24, 2.45) is 5.92 Å². The van der Waals surface area contributed by atoms with Crippen molar-refractivity contribution < 1.29 is 9.53 Å². The molecule has 2 aromatic carbocycles. The lowest BCUT2D eigenvalue weighted by molar-refractivity contribution is -0.131. The number of amides is 1. The van der Waals surface area contributed by atoms with E-state index in [1.807, 2.05) is 62.4 Å². The summed E-state index contributed by atoms with van der Waals surface area (Å²) in [6.45, 7) is 5.91. The Morgan fingerprint density at radius 2 is 1.67 bits per heavy atom. The molecular weight excluding hydrogens is 381 g/mol. The fourth-order valence-electron chi connectivity index (χ4n) is 3.52. The SMILES string of the molecule is CC(C)C(=O)N[C@@]1(C)C[C@@H](c2ccc(Cl)cc2)O[C@@H](c2cccc(Cl)c2)C1. The molecular formula is C22H25Cl2NO2. The van der Waals surface area contributed by atoms with E-state index in [1.165, 1.54) is 0 Å². The minimum Gasteiger partial charge on any atom is -0.365 e. The van der Waals surface area contributed by atoms with Crippen LogP contribution in [-0.2, 0) is 9.53 Å². The molecule has 1 fully saturated rings. The number of hydrogen-bond acceptors (Lipinski definition) is 2. The fourth-order valence-corrected chi connectivity index (χ4v) is 3.84. The second-order valence-electron chi connectivity index (χ2n) is 7.83. The number of rotatable bonds is 4. The van der Waals surface area contributed by atoms with Gasteiger partial charge >= 0.3 is 0 Å². The third-order valence-electron chi connectivity index (χ3n) is 5.01. The van der Waals surface area contributed by atoms with Crippen LogP contribution in [0.25, 0.3) is 0 Å². The van der Waals surface area contributed by atoms with Crippen molar-refractivity contribution in [1.82, 2.24) is 5.32 Å². The van der Waals surface area contributed by atoms with Gasteiger partial charge in [-0.25, -0.2) is 0 Å². The maximum absolute atomic E-state index is 12.4. The molecule has 2 aromatic rings. The summed E-state index contributed by atoms with van der Waals surface area (Å²) in [5.41, 5.74) is 1.69. The van der Waals surface area contributed by atoms with E-state index in [9.17, 15) is 4.79 Å². The van der Waals surface area contributed by atoms with Crippen molar-refractivity contribution in [3.05, 3.63) is 69.7 Å². The van der Waals surface area contributed by atoms with E-state index < -0.39 is 0 Å². The minimum atomic E-state index is -0.378. The minimum absolute atomic E-state index is 0.0547. The van der Waals surface area contributed by atoms with Gasteiger partial charge in [0.05, 0.1) is 12.2 Å². The number of ether oxygens (including phenoxy) is 1. The van der Waals surface area contributed by atoms with Gasteiger partial charge in [0.25, 0.3) is 0 Å². The lowest BCUT2D eigenvalue weighted by Crippen LogP contribution is -2.52. The summed E-state index contributed by atoms with van der Waals surface area (Å²) in [5, 5.41) is 4.61. The van der Waals surface area contributed by atoms with Crippen LogP contribution in [0.1, 0.15) is 56.9 Å². The molecule has 5 heteroatoms. The van der Waals surface area contributed by atoms with Crippen molar-refractivity contribution in [3.8, 4) is 0 Å². The van der Waals surface area contributed by atoms with Gasteiger partial charge in [0, 0.05) is 34.3 Å². The first kappa shape index (κ1) is 20.2. The first-order chi connectivity index (χ1) is 12.8. The van der Waals surface area contributed by atoms with Crippen LogP contribution >= 0.6 is 23.2 Å². The average Bonchev–Trinajstić information content (AvgIpc) is 2.61. The zero-order valence-corrected chi connectivity index (χ0v) is 17.3. The van der Waals surface area contributed by atoms with Crippen molar-refractivity contribution in [2.45, 2.75) is 51.4 Å². The van der Waals surface area contributed by atoms with Crippen LogP contribution in [0, 0.1) is 5.92 Å². The highest BCUT2D eigenvalue weighted by molar-refractivity contribution is 6.30. The van der Waals surface area contributed by atoms with Crippen LogP contribution in [0.15, 0.2) is 48.5 Å². The first-order valence-electron chi connectivity index (χ1n) is 9.24. The summed E-state index contributed by atoms with van der Waals surface area (Å²) in [6, 6.07) is 15.4. The quantitative estimate of drug-likeness (QED) is 0.665. The van der Waals surface area contributed by atoms with Crippen LogP contribution in [0.4, 0.5) is 0 Å². The van der Waals surface area contributed by atoms with E-state index in [-0.39, 0.29) is 29.6 Å². The fraction of sp³-hybridized carbons (Fsp3) is 0.409. The van der Waals surface area contributed by atoms with E-state index in [1.54, 1.807) is 0 Å². The van der Waals surface area contributed by atoms with Crippen LogP contribution in [0.3, 0.4) is 0 Å². The molecule has 0 spiro atoms. The summed E-state index contributed by atoms with van der Waals surface area (Å²) in [5.74, 6) is -0.0117. The predicted octanol–water partition coefficient (Wildman–Crippen LogP) is 6.12. The largest absolute Gasteiger partial charge is 0.365 e. The molecule has 0 unspecified atom stereocenters. The zero-order chi connectivity index (χ0) is 19.6. The molecule has 1 aliphatic heterocycles. The second-order valence-corrected chi connectivity index (χ2v) is 8.71. The van der Waals surface area contributed by atoms with E-state index in [0.29, 0.717) is 22.9 Å². The number of carbonyl (C=O) groups is 1. The Kier molecular flexibility index (Phi) is 6.15. The van der Waals surface area contributed by atoms with E-state index in [4.69, 9.17) is 27.9 Å². The molecule has 1 saturated heterocycles. The van der Waals surface area contributed by atoms with Crippen molar-refractivity contribution >= 4 is 29.1 Å². The van der Waals surface area contributed by atoms with Gasteiger partial charge in [0.2, 0.25) is 5.91 Å². The van der Waals surface area contributed by atoms with Crippen LogP contribution in [0.5, 0.6) is 0 Å². The summed E-state index contributed by atoms with van der Waals surface area (Å²) >= 11 is 12.2. The lowest BCUT2D eigenvalue weighted by atomic mass is 9.81. The number of hydrogen-bond donors (Lipinski definition) is 1. The Hall–Kier alpha value is -1.55. The van der Waals surface area contributed by atoms with Crippen LogP contribution in [0.2, 0.25) is 10.0 Å². The number of halogens is 2. The van der Waals surface area contributed by atoms with Gasteiger partial charge in [0.1, 0.15) is 0 Å². The number of carbonyl (C=O) groups excluding carboxylic acids is 1. The molecule has 3 nitrogen and oxygen atoms in total. The zero-order valence-electron chi connectivity index (χ0n) is 15.8. The van der Waals surface area contributed by atoms with Gasteiger partial charge in [-0.15, -0.1) is 0 Å². The smallest absolute Gasteiger partial charge is 0.222 e. The first-order valence-corrected chi connectivity index (χ1v) is 10.00. The Morgan fingerprint density at radius 1 is 1.04 bits per heavy atom. The molecule has 1 amide bonds. The maximum atomic E-state index is 12.4. The molecule has 1 N–H and O–H groups in total. The van der Waals surface area contributed by atoms with Gasteiger partial charge in [-0.2, -0.15) is 0 Å². The molecule has 144 valence electrons. The Balaban J connectivity index is 1.92.